The van der Waals surface area contributed by atoms with Crippen molar-refractivity contribution < 1.29 is 4.39 Å². The van der Waals surface area contributed by atoms with E-state index >= 15 is 0 Å². The standard InChI is InChI=1S/C15H12BrCl2F/c1-8-7-13(17)9(2)6-11(8)14(18)10-4-3-5-12(16)15(10)19/h3-7,14H,1-2H3. The van der Waals surface area contributed by atoms with E-state index in [0.29, 0.717) is 15.1 Å². The van der Waals surface area contributed by atoms with Gasteiger partial charge < -0.3 is 0 Å². The maximum absolute atomic E-state index is 14.1. The molecule has 0 aliphatic rings. The molecule has 4 heteroatoms. The van der Waals surface area contributed by atoms with Crippen LogP contribution in [0.2, 0.25) is 5.02 Å². The van der Waals surface area contributed by atoms with E-state index in [2.05, 4.69) is 15.9 Å². The van der Waals surface area contributed by atoms with Crippen LogP contribution in [0, 0.1) is 19.7 Å². The van der Waals surface area contributed by atoms with Crippen LogP contribution < -0.4 is 0 Å². The first kappa shape index (κ1) is 14.8. The molecule has 0 nitrogen and oxygen atoms in total. The summed E-state index contributed by atoms with van der Waals surface area (Å²) in [4.78, 5) is 0. The maximum Gasteiger partial charge on any atom is 0.142 e. The van der Waals surface area contributed by atoms with Crippen LogP contribution in [-0.4, -0.2) is 0 Å². The summed E-state index contributed by atoms with van der Waals surface area (Å²) in [7, 11) is 0. The summed E-state index contributed by atoms with van der Waals surface area (Å²) in [6.07, 6.45) is 0. The summed E-state index contributed by atoms with van der Waals surface area (Å²) < 4.78 is 14.5. The minimum Gasteiger partial charge on any atom is -0.205 e. The molecule has 0 fully saturated rings. The molecule has 0 heterocycles. The largest absolute Gasteiger partial charge is 0.205 e. The summed E-state index contributed by atoms with van der Waals surface area (Å²) in [5.74, 6) is -0.325. The molecular formula is C15H12BrCl2F. The van der Waals surface area contributed by atoms with Crippen LogP contribution in [0.25, 0.3) is 0 Å². The van der Waals surface area contributed by atoms with Crippen molar-refractivity contribution in [3.8, 4) is 0 Å². The van der Waals surface area contributed by atoms with Crippen molar-refractivity contribution in [2.24, 2.45) is 0 Å². The molecule has 2 aromatic rings. The zero-order valence-electron chi connectivity index (χ0n) is 10.5. The topological polar surface area (TPSA) is 0 Å². The number of alkyl halides is 1. The fourth-order valence-electron chi connectivity index (χ4n) is 1.96. The van der Waals surface area contributed by atoms with Crippen LogP contribution >= 0.6 is 39.1 Å². The molecule has 0 spiro atoms. The molecule has 2 aromatic carbocycles. The molecule has 100 valence electrons. The molecule has 0 aromatic heterocycles. The lowest BCUT2D eigenvalue weighted by molar-refractivity contribution is 0.605. The van der Waals surface area contributed by atoms with Gasteiger partial charge in [0, 0.05) is 10.6 Å². The molecule has 0 aliphatic carbocycles. The van der Waals surface area contributed by atoms with E-state index in [9.17, 15) is 4.39 Å². The van der Waals surface area contributed by atoms with Crippen LogP contribution in [0.5, 0.6) is 0 Å². The van der Waals surface area contributed by atoms with Crippen molar-refractivity contribution in [2.75, 3.05) is 0 Å². The van der Waals surface area contributed by atoms with Crippen molar-refractivity contribution in [1.29, 1.82) is 0 Å². The van der Waals surface area contributed by atoms with E-state index in [1.165, 1.54) is 0 Å². The van der Waals surface area contributed by atoms with Crippen LogP contribution in [0.1, 0.15) is 27.6 Å². The van der Waals surface area contributed by atoms with Gasteiger partial charge in [-0.1, -0.05) is 29.8 Å². The fraction of sp³-hybridized carbons (Fsp3) is 0.200. The maximum atomic E-state index is 14.1. The Hall–Kier alpha value is -0.570. The molecule has 0 aliphatic heterocycles. The number of aryl methyl sites for hydroxylation is 2. The van der Waals surface area contributed by atoms with Crippen LogP contribution in [0.3, 0.4) is 0 Å². The van der Waals surface area contributed by atoms with Gasteiger partial charge in [0.05, 0.1) is 9.85 Å². The van der Waals surface area contributed by atoms with Gasteiger partial charge in [0.15, 0.2) is 0 Å². The molecular weight excluding hydrogens is 350 g/mol. The van der Waals surface area contributed by atoms with Gasteiger partial charge in [-0.25, -0.2) is 4.39 Å². The Morgan fingerprint density at radius 1 is 1.11 bits per heavy atom. The van der Waals surface area contributed by atoms with Crippen molar-refractivity contribution in [1.82, 2.24) is 0 Å². The fourth-order valence-corrected chi connectivity index (χ4v) is 2.96. The van der Waals surface area contributed by atoms with Gasteiger partial charge in [0.25, 0.3) is 0 Å². The van der Waals surface area contributed by atoms with Gasteiger partial charge in [0.2, 0.25) is 0 Å². The third kappa shape index (κ3) is 2.96. The molecule has 0 N–H and O–H groups in total. The highest BCUT2D eigenvalue weighted by Crippen LogP contribution is 2.36. The monoisotopic (exact) mass is 360 g/mol. The van der Waals surface area contributed by atoms with Gasteiger partial charge in [-0.15, -0.1) is 11.6 Å². The first-order chi connectivity index (χ1) is 8.91. The van der Waals surface area contributed by atoms with Gasteiger partial charge in [-0.3, -0.25) is 0 Å². The van der Waals surface area contributed by atoms with Gasteiger partial charge in [-0.05, 0) is 58.6 Å². The number of rotatable bonds is 2. The zero-order chi connectivity index (χ0) is 14.2. The molecule has 0 bridgehead atoms. The van der Waals surface area contributed by atoms with Crippen molar-refractivity contribution >= 4 is 39.1 Å². The molecule has 2 rings (SSSR count). The number of hydrogen-bond donors (Lipinski definition) is 0. The van der Waals surface area contributed by atoms with E-state index < -0.39 is 5.38 Å². The summed E-state index contributed by atoms with van der Waals surface area (Å²) in [6, 6.07) is 8.90. The average molecular weight is 362 g/mol. The van der Waals surface area contributed by atoms with Crippen LogP contribution in [0.15, 0.2) is 34.8 Å². The van der Waals surface area contributed by atoms with Crippen molar-refractivity contribution in [3.05, 3.63) is 67.9 Å². The Balaban J connectivity index is 2.53. The van der Waals surface area contributed by atoms with Gasteiger partial charge >= 0.3 is 0 Å². The predicted molar refractivity (Wildman–Crippen MR) is 82.7 cm³/mol. The molecule has 1 unspecified atom stereocenters. The second-order valence-corrected chi connectivity index (χ2v) is 6.16. The van der Waals surface area contributed by atoms with Crippen molar-refractivity contribution in [2.45, 2.75) is 19.2 Å². The van der Waals surface area contributed by atoms with Crippen LogP contribution in [-0.2, 0) is 0 Å². The number of hydrogen-bond acceptors (Lipinski definition) is 0. The molecule has 0 amide bonds. The Kier molecular flexibility index (Phi) is 4.54. The van der Waals surface area contributed by atoms with Crippen LogP contribution in [0.4, 0.5) is 4.39 Å². The first-order valence-electron chi connectivity index (χ1n) is 5.76. The Labute approximate surface area is 130 Å². The quantitative estimate of drug-likeness (QED) is 0.559. The zero-order valence-corrected chi connectivity index (χ0v) is 13.6. The van der Waals surface area contributed by atoms with Crippen molar-refractivity contribution in [3.63, 3.8) is 0 Å². The normalized spacial score (nSPS) is 12.5. The third-order valence-electron chi connectivity index (χ3n) is 3.07. The smallest absolute Gasteiger partial charge is 0.142 e. The highest BCUT2D eigenvalue weighted by atomic mass is 79.9. The van der Waals surface area contributed by atoms with Gasteiger partial charge in [0.1, 0.15) is 5.82 Å². The lowest BCUT2D eigenvalue weighted by Gasteiger charge is -2.16. The number of benzene rings is 2. The summed E-state index contributed by atoms with van der Waals surface area (Å²) in [6.45, 7) is 3.83. The summed E-state index contributed by atoms with van der Waals surface area (Å²) in [5.41, 5.74) is 3.22. The molecule has 0 radical (unpaired) electrons. The predicted octanol–water partition coefficient (Wildman–Crippen LogP) is 6.19. The van der Waals surface area contributed by atoms with E-state index in [0.717, 1.165) is 16.7 Å². The summed E-state index contributed by atoms with van der Waals surface area (Å²) >= 11 is 15.7. The minimum atomic E-state index is -0.534. The molecule has 0 saturated heterocycles. The summed E-state index contributed by atoms with van der Waals surface area (Å²) in [5, 5.41) is 0.160. The second-order valence-electron chi connectivity index (χ2n) is 4.46. The number of halogens is 4. The highest BCUT2D eigenvalue weighted by molar-refractivity contribution is 9.10. The Morgan fingerprint density at radius 2 is 1.79 bits per heavy atom. The first-order valence-corrected chi connectivity index (χ1v) is 7.37. The Bertz CT molecular complexity index is 626. The average Bonchev–Trinajstić information content (AvgIpc) is 2.36. The molecule has 0 saturated carbocycles. The van der Waals surface area contributed by atoms with E-state index in [4.69, 9.17) is 23.2 Å². The minimum absolute atomic E-state index is 0.325. The van der Waals surface area contributed by atoms with Gasteiger partial charge in [-0.2, -0.15) is 0 Å². The van der Waals surface area contributed by atoms with E-state index in [1.807, 2.05) is 26.0 Å². The highest BCUT2D eigenvalue weighted by Gasteiger charge is 2.19. The molecule has 19 heavy (non-hydrogen) atoms. The molecule has 1 atom stereocenters. The van der Waals surface area contributed by atoms with E-state index in [1.54, 1.807) is 18.2 Å². The lowest BCUT2D eigenvalue weighted by atomic mass is 9.98. The third-order valence-corrected chi connectivity index (χ3v) is 4.56. The SMILES string of the molecule is Cc1cc(C(Cl)c2cccc(Br)c2F)c(C)cc1Cl. The lowest BCUT2D eigenvalue weighted by Crippen LogP contribution is -2.01. The second kappa shape index (κ2) is 5.82. The van der Waals surface area contributed by atoms with E-state index in [-0.39, 0.29) is 5.82 Å². The Morgan fingerprint density at radius 3 is 2.47 bits per heavy atom.